The number of ether oxygens (including phenoxy) is 2. The van der Waals surface area contributed by atoms with E-state index < -0.39 is 16.1 Å². The van der Waals surface area contributed by atoms with Crippen molar-refractivity contribution in [1.82, 2.24) is 9.62 Å². The van der Waals surface area contributed by atoms with Crippen LogP contribution >= 0.6 is 0 Å². The summed E-state index contributed by atoms with van der Waals surface area (Å²) in [7, 11) is -0.808. The Morgan fingerprint density at radius 2 is 2.21 bits per heavy atom. The minimum Gasteiger partial charge on any atom is -0.492 e. The third-order valence-electron chi connectivity index (χ3n) is 3.51. The van der Waals surface area contributed by atoms with E-state index in [-0.39, 0.29) is 23.2 Å². The molecule has 1 fully saturated rings. The summed E-state index contributed by atoms with van der Waals surface area (Å²) in [6.07, 6.45) is 0. The molecule has 134 valence electrons. The number of carbonyl (C=O) groups is 1. The van der Waals surface area contributed by atoms with Crippen LogP contribution in [0.3, 0.4) is 0 Å². The zero-order valence-corrected chi connectivity index (χ0v) is 14.9. The van der Waals surface area contributed by atoms with E-state index in [0.29, 0.717) is 25.4 Å². The van der Waals surface area contributed by atoms with E-state index in [4.69, 9.17) is 9.47 Å². The molecule has 1 amide bonds. The molecule has 1 aromatic rings. The van der Waals surface area contributed by atoms with Crippen LogP contribution in [0.2, 0.25) is 0 Å². The van der Waals surface area contributed by atoms with Crippen LogP contribution in [0.1, 0.15) is 6.92 Å². The van der Waals surface area contributed by atoms with Crippen LogP contribution in [0.5, 0.6) is 5.75 Å². The van der Waals surface area contributed by atoms with Gasteiger partial charge in [-0.15, -0.1) is 0 Å². The summed E-state index contributed by atoms with van der Waals surface area (Å²) >= 11 is 0. The first-order valence-electron chi connectivity index (χ1n) is 7.67. The summed E-state index contributed by atoms with van der Waals surface area (Å²) in [5.74, 6) is -0.0182. The van der Waals surface area contributed by atoms with Gasteiger partial charge in [-0.1, -0.05) is 0 Å². The Hall–Kier alpha value is -1.68. The Morgan fingerprint density at radius 3 is 2.79 bits per heavy atom. The Bertz CT molecular complexity index is 684. The highest BCUT2D eigenvalue weighted by molar-refractivity contribution is 7.89. The standard InChI is InChI=1S/C15H23N3O5S/c1-4-23-13-6-5-11(9-14(13)24(20,21)18(2)3)17-15(19)12-10-22-8-7-16-12/h5-6,9,12,16H,4,7-8,10H2,1-3H3,(H,17,19). The van der Waals surface area contributed by atoms with Gasteiger partial charge in [0.2, 0.25) is 15.9 Å². The second-order valence-electron chi connectivity index (χ2n) is 5.45. The molecule has 24 heavy (non-hydrogen) atoms. The van der Waals surface area contributed by atoms with Crippen molar-refractivity contribution in [1.29, 1.82) is 0 Å². The van der Waals surface area contributed by atoms with Crippen molar-refractivity contribution in [2.45, 2.75) is 17.9 Å². The van der Waals surface area contributed by atoms with Gasteiger partial charge >= 0.3 is 0 Å². The minimum absolute atomic E-state index is 0.0139. The summed E-state index contributed by atoms with van der Waals surface area (Å²) in [5.41, 5.74) is 0.385. The largest absolute Gasteiger partial charge is 0.492 e. The molecule has 0 bridgehead atoms. The van der Waals surface area contributed by atoms with E-state index in [9.17, 15) is 13.2 Å². The van der Waals surface area contributed by atoms with E-state index in [1.165, 1.54) is 20.2 Å². The predicted molar refractivity (Wildman–Crippen MR) is 89.7 cm³/mol. The van der Waals surface area contributed by atoms with Crippen LogP contribution < -0.4 is 15.4 Å². The van der Waals surface area contributed by atoms with Gasteiger partial charge in [0, 0.05) is 26.3 Å². The fraction of sp³-hybridized carbons (Fsp3) is 0.533. The molecule has 9 heteroatoms. The molecule has 0 saturated carbocycles. The van der Waals surface area contributed by atoms with Gasteiger partial charge in [-0.3, -0.25) is 4.79 Å². The second-order valence-corrected chi connectivity index (χ2v) is 7.57. The van der Waals surface area contributed by atoms with Gasteiger partial charge in [0.25, 0.3) is 0 Å². The molecule has 1 aliphatic heterocycles. The molecule has 8 nitrogen and oxygen atoms in total. The van der Waals surface area contributed by atoms with Gasteiger partial charge in [-0.25, -0.2) is 12.7 Å². The number of nitrogens with zero attached hydrogens (tertiary/aromatic N) is 1. The van der Waals surface area contributed by atoms with E-state index in [1.807, 2.05) is 0 Å². The van der Waals surface area contributed by atoms with Gasteiger partial charge in [-0.05, 0) is 25.1 Å². The average molecular weight is 357 g/mol. The fourth-order valence-electron chi connectivity index (χ4n) is 2.22. The quantitative estimate of drug-likeness (QED) is 0.758. The lowest BCUT2D eigenvalue weighted by Gasteiger charge is -2.23. The van der Waals surface area contributed by atoms with Gasteiger partial charge < -0.3 is 20.1 Å². The molecule has 1 saturated heterocycles. The molecule has 1 unspecified atom stereocenters. The highest BCUT2D eigenvalue weighted by atomic mass is 32.2. The number of sulfonamides is 1. The number of carbonyl (C=O) groups excluding carboxylic acids is 1. The van der Waals surface area contributed by atoms with Crippen LogP contribution in [0.25, 0.3) is 0 Å². The van der Waals surface area contributed by atoms with Crippen molar-refractivity contribution in [2.75, 3.05) is 45.8 Å². The smallest absolute Gasteiger partial charge is 0.246 e. The number of nitrogens with one attached hydrogen (secondary N) is 2. The highest BCUT2D eigenvalue weighted by Gasteiger charge is 2.25. The van der Waals surface area contributed by atoms with E-state index >= 15 is 0 Å². The first-order valence-corrected chi connectivity index (χ1v) is 9.11. The summed E-state index contributed by atoms with van der Waals surface area (Å²) in [6.45, 7) is 3.56. The lowest BCUT2D eigenvalue weighted by atomic mass is 10.2. The van der Waals surface area contributed by atoms with Crippen LogP contribution in [-0.4, -0.2) is 65.1 Å². The molecule has 1 atom stereocenters. The van der Waals surface area contributed by atoms with E-state index in [1.54, 1.807) is 19.1 Å². The van der Waals surface area contributed by atoms with Crippen LogP contribution in [0.4, 0.5) is 5.69 Å². The number of hydrogen-bond acceptors (Lipinski definition) is 6. The van der Waals surface area contributed by atoms with Crippen LogP contribution in [0.15, 0.2) is 23.1 Å². The number of anilines is 1. The maximum Gasteiger partial charge on any atom is 0.246 e. The molecule has 2 rings (SSSR count). The maximum atomic E-state index is 12.5. The number of amides is 1. The topological polar surface area (TPSA) is 97.0 Å². The van der Waals surface area contributed by atoms with Crippen molar-refractivity contribution in [3.63, 3.8) is 0 Å². The monoisotopic (exact) mass is 357 g/mol. The molecule has 1 heterocycles. The first kappa shape index (κ1) is 18.7. The molecule has 2 N–H and O–H groups in total. The summed E-state index contributed by atoms with van der Waals surface area (Å²) in [5, 5.41) is 5.76. The van der Waals surface area contributed by atoms with Crippen molar-refractivity contribution in [3.8, 4) is 5.75 Å². The maximum absolute atomic E-state index is 12.5. The van der Waals surface area contributed by atoms with Crippen LogP contribution in [0, 0.1) is 0 Å². The molecule has 0 radical (unpaired) electrons. The fourth-order valence-corrected chi connectivity index (χ4v) is 3.27. The van der Waals surface area contributed by atoms with Gasteiger partial charge in [0.15, 0.2) is 0 Å². The summed E-state index contributed by atoms with van der Waals surface area (Å²) < 4.78 is 36.7. The Kier molecular flexibility index (Phi) is 6.16. The SMILES string of the molecule is CCOc1ccc(NC(=O)C2COCCN2)cc1S(=O)(=O)N(C)C. The number of morpholine rings is 1. The predicted octanol–water partition coefficient (Wildman–Crippen LogP) is 0.263. The van der Waals surface area contributed by atoms with E-state index in [0.717, 1.165) is 4.31 Å². The zero-order valence-electron chi connectivity index (χ0n) is 14.0. The van der Waals surface area contributed by atoms with Crippen molar-refractivity contribution in [3.05, 3.63) is 18.2 Å². The van der Waals surface area contributed by atoms with Crippen LogP contribution in [-0.2, 0) is 19.6 Å². The Balaban J connectivity index is 2.27. The normalized spacial score (nSPS) is 18.4. The number of hydrogen-bond donors (Lipinski definition) is 2. The third kappa shape index (κ3) is 4.23. The molecule has 0 aliphatic carbocycles. The third-order valence-corrected chi connectivity index (χ3v) is 5.34. The van der Waals surface area contributed by atoms with Gasteiger partial charge in [0.05, 0.1) is 19.8 Å². The molecule has 0 spiro atoms. The lowest BCUT2D eigenvalue weighted by Crippen LogP contribution is -2.48. The highest BCUT2D eigenvalue weighted by Crippen LogP contribution is 2.29. The summed E-state index contributed by atoms with van der Waals surface area (Å²) in [6, 6.07) is 4.10. The first-order chi connectivity index (χ1) is 11.4. The second kappa shape index (κ2) is 7.93. The number of rotatable bonds is 6. The zero-order chi connectivity index (χ0) is 17.7. The lowest BCUT2D eigenvalue weighted by molar-refractivity contribution is -0.120. The van der Waals surface area contributed by atoms with Gasteiger partial charge in [-0.2, -0.15) is 0 Å². The molecule has 0 aromatic heterocycles. The molecule has 1 aliphatic rings. The molecule has 1 aromatic carbocycles. The van der Waals surface area contributed by atoms with Gasteiger partial charge in [0.1, 0.15) is 16.7 Å². The van der Waals surface area contributed by atoms with Crippen molar-refractivity contribution >= 4 is 21.6 Å². The average Bonchev–Trinajstić information content (AvgIpc) is 2.57. The summed E-state index contributed by atoms with van der Waals surface area (Å²) in [4.78, 5) is 12.2. The van der Waals surface area contributed by atoms with Crippen molar-refractivity contribution < 1.29 is 22.7 Å². The Morgan fingerprint density at radius 1 is 1.46 bits per heavy atom. The Labute approximate surface area is 142 Å². The molecular formula is C15H23N3O5S. The van der Waals surface area contributed by atoms with Crippen molar-refractivity contribution in [2.24, 2.45) is 0 Å². The molecular weight excluding hydrogens is 334 g/mol. The minimum atomic E-state index is -3.70. The number of benzene rings is 1. The van der Waals surface area contributed by atoms with E-state index in [2.05, 4.69) is 10.6 Å².